The van der Waals surface area contributed by atoms with E-state index in [9.17, 15) is 0 Å². The van der Waals surface area contributed by atoms with Gasteiger partial charge >= 0.3 is 0 Å². The fraction of sp³-hybridized carbons (Fsp3) is 0.714. The van der Waals surface area contributed by atoms with Crippen LogP contribution in [0.25, 0.3) is 0 Å². The first-order valence-electron chi connectivity index (χ1n) is 6.31. The van der Waals surface area contributed by atoms with E-state index in [1.165, 1.54) is 32.1 Å². The lowest BCUT2D eigenvalue weighted by Gasteiger charge is -2.18. The lowest BCUT2D eigenvalue weighted by atomic mass is 10.1. The van der Waals surface area contributed by atoms with Gasteiger partial charge in [-0.15, -0.1) is 6.58 Å². The molecule has 16 heavy (non-hydrogen) atoms. The summed E-state index contributed by atoms with van der Waals surface area (Å²) in [6, 6.07) is 0. The predicted molar refractivity (Wildman–Crippen MR) is 66.8 cm³/mol. The molecule has 1 rings (SSSR count). The maximum atomic E-state index is 5.62. The van der Waals surface area contributed by atoms with Crippen molar-refractivity contribution in [2.24, 2.45) is 0 Å². The van der Waals surface area contributed by atoms with E-state index in [-0.39, 0.29) is 0 Å². The van der Waals surface area contributed by atoms with Crippen molar-refractivity contribution in [3.05, 3.63) is 24.7 Å². The van der Waals surface area contributed by atoms with Crippen LogP contribution in [0.15, 0.2) is 24.7 Å². The molecule has 0 amide bonds. The van der Waals surface area contributed by atoms with Crippen molar-refractivity contribution < 1.29 is 9.47 Å². The number of hydrogen-bond donors (Lipinski definition) is 0. The van der Waals surface area contributed by atoms with Gasteiger partial charge in [-0.05, 0) is 19.3 Å². The van der Waals surface area contributed by atoms with Crippen LogP contribution >= 0.6 is 0 Å². The molecule has 0 unspecified atom stereocenters. The number of allylic oxidation sites excluding steroid dienone is 2. The highest BCUT2D eigenvalue weighted by atomic mass is 16.7. The molecule has 92 valence electrons. The molecule has 0 N–H and O–H groups in total. The molecule has 0 aromatic carbocycles. The van der Waals surface area contributed by atoms with Crippen molar-refractivity contribution in [3.63, 3.8) is 0 Å². The third-order valence-corrected chi connectivity index (χ3v) is 2.68. The van der Waals surface area contributed by atoms with Gasteiger partial charge in [0.25, 0.3) is 0 Å². The molecule has 1 heterocycles. The van der Waals surface area contributed by atoms with Gasteiger partial charge in [-0.25, -0.2) is 0 Å². The Morgan fingerprint density at radius 2 is 1.88 bits per heavy atom. The van der Waals surface area contributed by atoms with Crippen LogP contribution in [0.3, 0.4) is 0 Å². The summed E-state index contributed by atoms with van der Waals surface area (Å²) in [6.07, 6.45) is 12.3. The van der Waals surface area contributed by atoms with Crippen LogP contribution in [0.1, 0.15) is 58.8 Å². The Kier molecular flexibility index (Phi) is 5.44. The molecule has 0 fully saturated rings. The monoisotopic (exact) mass is 224 g/mol. The van der Waals surface area contributed by atoms with E-state index in [1.807, 2.05) is 19.9 Å². The van der Waals surface area contributed by atoms with E-state index in [2.05, 4.69) is 6.58 Å². The van der Waals surface area contributed by atoms with Crippen molar-refractivity contribution in [2.45, 2.75) is 64.6 Å². The van der Waals surface area contributed by atoms with Gasteiger partial charge in [0.2, 0.25) is 5.79 Å². The van der Waals surface area contributed by atoms with Crippen LogP contribution in [-0.4, -0.2) is 5.79 Å². The van der Waals surface area contributed by atoms with Gasteiger partial charge in [0.15, 0.2) is 0 Å². The highest BCUT2D eigenvalue weighted by Crippen LogP contribution is 2.27. The maximum absolute atomic E-state index is 5.62. The maximum Gasteiger partial charge on any atom is 0.244 e. The average molecular weight is 224 g/mol. The quantitative estimate of drug-likeness (QED) is 0.445. The average Bonchev–Trinajstić information content (AvgIpc) is 2.57. The standard InChI is InChI=1S/C14H24O2/c1-4-5-6-7-8-9-10-11-13-12-15-14(2,3)16-13/h4,12H,1,5-11H2,2-3H3. The zero-order valence-corrected chi connectivity index (χ0v) is 10.6. The lowest BCUT2D eigenvalue weighted by Crippen LogP contribution is -2.20. The molecular weight excluding hydrogens is 200 g/mol. The first kappa shape index (κ1) is 13.1. The van der Waals surface area contributed by atoms with Gasteiger partial charge < -0.3 is 9.47 Å². The minimum Gasteiger partial charge on any atom is -0.457 e. The van der Waals surface area contributed by atoms with Gasteiger partial charge in [0.05, 0.1) is 0 Å². The van der Waals surface area contributed by atoms with E-state index >= 15 is 0 Å². The fourth-order valence-electron chi connectivity index (χ4n) is 1.80. The number of rotatable bonds is 8. The van der Waals surface area contributed by atoms with E-state index in [4.69, 9.17) is 9.47 Å². The Balaban J connectivity index is 1.94. The minimum absolute atomic E-state index is 0.445. The SMILES string of the molecule is C=CCCCCCCCC1=COC(C)(C)O1. The molecule has 1 aliphatic rings. The Labute approximate surface area is 99.3 Å². The summed E-state index contributed by atoms with van der Waals surface area (Å²) in [5.41, 5.74) is 0. The molecule has 2 heteroatoms. The topological polar surface area (TPSA) is 18.5 Å². The van der Waals surface area contributed by atoms with Crippen LogP contribution in [0.5, 0.6) is 0 Å². The van der Waals surface area contributed by atoms with Crippen LogP contribution < -0.4 is 0 Å². The zero-order valence-electron chi connectivity index (χ0n) is 10.6. The first-order valence-corrected chi connectivity index (χ1v) is 6.31. The lowest BCUT2D eigenvalue weighted by molar-refractivity contribution is -0.117. The molecule has 0 radical (unpaired) electrons. The van der Waals surface area contributed by atoms with Crippen molar-refractivity contribution in [2.75, 3.05) is 0 Å². The van der Waals surface area contributed by atoms with Crippen LogP contribution in [0.4, 0.5) is 0 Å². The van der Waals surface area contributed by atoms with E-state index in [1.54, 1.807) is 6.26 Å². The molecule has 0 saturated heterocycles. The van der Waals surface area contributed by atoms with Gasteiger partial charge in [-0.1, -0.05) is 25.3 Å². The third-order valence-electron chi connectivity index (χ3n) is 2.68. The van der Waals surface area contributed by atoms with Crippen molar-refractivity contribution >= 4 is 0 Å². The summed E-state index contributed by atoms with van der Waals surface area (Å²) in [6.45, 7) is 7.60. The smallest absolute Gasteiger partial charge is 0.244 e. The van der Waals surface area contributed by atoms with Crippen LogP contribution in [-0.2, 0) is 9.47 Å². The second kappa shape index (κ2) is 6.62. The Bertz CT molecular complexity index is 241. The summed E-state index contributed by atoms with van der Waals surface area (Å²) in [5, 5.41) is 0. The normalized spacial score (nSPS) is 17.5. The van der Waals surface area contributed by atoms with Crippen molar-refractivity contribution in [3.8, 4) is 0 Å². The van der Waals surface area contributed by atoms with Gasteiger partial charge in [-0.3, -0.25) is 0 Å². The van der Waals surface area contributed by atoms with Gasteiger partial charge in [0, 0.05) is 20.3 Å². The molecule has 0 bridgehead atoms. The molecule has 0 atom stereocenters. The highest BCUT2D eigenvalue weighted by Gasteiger charge is 2.26. The van der Waals surface area contributed by atoms with E-state index < -0.39 is 5.79 Å². The summed E-state index contributed by atoms with van der Waals surface area (Å²) in [7, 11) is 0. The first-order chi connectivity index (χ1) is 7.64. The van der Waals surface area contributed by atoms with E-state index in [0.29, 0.717) is 0 Å². The number of hydrogen-bond acceptors (Lipinski definition) is 2. The molecular formula is C14H24O2. The molecule has 1 aliphatic heterocycles. The van der Waals surface area contributed by atoms with Crippen LogP contribution in [0.2, 0.25) is 0 Å². The van der Waals surface area contributed by atoms with E-state index in [0.717, 1.165) is 18.6 Å². The predicted octanol–water partition coefficient (Wildman–Crippen LogP) is 4.53. The van der Waals surface area contributed by atoms with Gasteiger partial charge in [-0.2, -0.15) is 0 Å². The Morgan fingerprint density at radius 3 is 2.50 bits per heavy atom. The van der Waals surface area contributed by atoms with Gasteiger partial charge in [0.1, 0.15) is 12.0 Å². The second-order valence-corrected chi connectivity index (χ2v) is 4.80. The van der Waals surface area contributed by atoms with Crippen molar-refractivity contribution in [1.82, 2.24) is 0 Å². The minimum atomic E-state index is -0.445. The van der Waals surface area contributed by atoms with Crippen LogP contribution in [0, 0.1) is 0 Å². The Hall–Kier alpha value is -0.920. The Morgan fingerprint density at radius 1 is 1.19 bits per heavy atom. The fourth-order valence-corrected chi connectivity index (χ4v) is 1.80. The summed E-state index contributed by atoms with van der Waals surface area (Å²) < 4.78 is 11.0. The molecule has 2 nitrogen and oxygen atoms in total. The molecule has 0 saturated carbocycles. The number of ether oxygens (including phenoxy) is 2. The number of unbranched alkanes of at least 4 members (excludes halogenated alkanes) is 5. The highest BCUT2D eigenvalue weighted by molar-refractivity contribution is 4.94. The molecule has 0 aromatic rings. The summed E-state index contributed by atoms with van der Waals surface area (Å²) in [5.74, 6) is 0.551. The molecule has 0 aliphatic carbocycles. The summed E-state index contributed by atoms with van der Waals surface area (Å²) >= 11 is 0. The second-order valence-electron chi connectivity index (χ2n) is 4.80. The third kappa shape index (κ3) is 5.24. The molecule has 0 aromatic heterocycles. The summed E-state index contributed by atoms with van der Waals surface area (Å²) in [4.78, 5) is 0. The zero-order chi connectivity index (χ0) is 11.9. The largest absolute Gasteiger partial charge is 0.457 e. The van der Waals surface area contributed by atoms with Crippen molar-refractivity contribution in [1.29, 1.82) is 0 Å². The molecule has 0 spiro atoms.